The van der Waals surface area contributed by atoms with Crippen molar-refractivity contribution < 1.29 is 14.3 Å². The van der Waals surface area contributed by atoms with E-state index in [2.05, 4.69) is 10.3 Å². The van der Waals surface area contributed by atoms with Crippen molar-refractivity contribution in [3.8, 4) is 17.7 Å². The second-order valence-electron chi connectivity index (χ2n) is 7.45. The van der Waals surface area contributed by atoms with Gasteiger partial charge in [-0.05, 0) is 49.6 Å². The molecule has 32 heavy (non-hydrogen) atoms. The molecule has 0 saturated carbocycles. The quantitative estimate of drug-likeness (QED) is 0.476. The number of hydrogen-bond donors (Lipinski definition) is 1. The Morgan fingerprint density at radius 2 is 2.16 bits per heavy atom. The number of carbonyl (C=O) groups excluding carboxylic acids is 1. The van der Waals surface area contributed by atoms with E-state index in [9.17, 15) is 14.9 Å². The van der Waals surface area contributed by atoms with Crippen LogP contribution in [0, 0.1) is 18.3 Å². The molecule has 162 valence electrons. The van der Waals surface area contributed by atoms with Crippen LogP contribution in [0.25, 0.3) is 11.7 Å². The highest BCUT2D eigenvalue weighted by molar-refractivity contribution is 6.01. The van der Waals surface area contributed by atoms with E-state index in [1.54, 1.807) is 30.5 Å². The molecule has 2 aromatic heterocycles. The number of amides is 1. The van der Waals surface area contributed by atoms with Crippen molar-refractivity contribution in [2.75, 3.05) is 13.2 Å². The van der Waals surface area contributed by atoms with Crippen LogP contribution in [-0.2, 0) is 9.53 Å². The molecule has 1 atom stereocenters. The second kappa shape index (κ2) is 9.45. The fourth-order valence-corrected chi connectivity index (χ4v) is 3.46. The number of hydrogen-bond acceptors (Lipinski definition) is 6. The van der Waals surface area contributed by atoms with E-state index >= 15 is 0 Å². The highest BCUT2D eigenvalue weighted by Crippen LogP contribution is 2.26. The molecule has 1 saturated heterocycles. The summed E-state index contributed by atoms with van der Waals surface area (Å²) < 4.78 is 12.8. The first-order valence-corrected chi connectivity index (χ1v) is 10.3. The third-order valence-corrected chi connectivity index (χ3v) is 5.20. The molecule has 1 aromatic carbocycles. The van der Waals surface area contributed by atoms with E-state index < -0.39 is 11.5 Å². The summed E-state index contributed by atoms with van der Waals surface area (Å²) in [5.41, 5.74) is 0.596. The molecule has 1 amide bonds. The Morgan fingerprint density at radius 1 is 1.34 bits per heavy atom. The van der Waals surface area contributed by atoms with Gasteiger partial charge in [-0.25, -0.2) is 0 Å². The Bertz CT molecular complexity index is 1280. The largest absolute Gasteiger partial charge is 0.438 e. The Kier molecular flexibility index (Phi) is 6.29. The number of para-hydroxylation sites is 1. The second-order valence-corrected chi connectivity index (χ2v) is 7.45. The van der Waals surface area contributed by atoms with E-state index in [0.717, 1.165) is 18.4 Å². The van der Waals surface area contributed by atoms with Gasteiger partial charge in [0.2, 0.25) is 5.88 Å². The predicted octanol–water partition coefficient (Wildman–Crippen LogP) is 3.00. The third kappa shape index (κ3) is 4.53. The molecule has 0 bridgehead atoms. The number of aromatic nitrogens is 2. The fraction of sp³-hybridized carbons (Fsp3) is 0.250. The number of pyridine rings is 1. The molecule has 1 fully saturated rings. The first kappa shape index (κ1) is 21.3. The molecule has 1 aliphatic rings. The molecule has 0 unspecified atom stereocenters. The third-order valence-electron chi connectivity index (χ3n) is 5.20. The van der Waals surface area contributed by atoms with Gasteiger partial charge in [0.05, 0.1) is 6.10 Å². The van der Waals surface area contributed by atoms with Crippen molar-refractivity contribution in [2.24, 2.45) is 0 Å². The lowest BCUT2D eigenvalue weighted by atomic mass is 10.1. The van der Waals surface area contributed by atoms with Crippen molar-refractivity contribution in [1.82, 2.24) is 14.7 Å². The summed E-state index contributed by atoms with van der Waals surface area (Å²) in [5.74, 6) is -0.0340. The number of nitrogens with one attached hydrogen (secondary N) is 1. The van der Waals surface area contributed by atoms with Crippen LogP contribution in [0.5, 0.6) is 11.6 Å². The van der Waals surface area contributed by atoms with Crippen LogP contribution >= 0.6 is 0 Å². The fourth-order valence-electron chi connectivity index (χ4n) is 3.46. The molecule has 1 aliphatic heterocycles. The topological polar surface area (TPSA) is 106 Å². The monoisotopic (exact) mass is 430 g/mol. The number of carbonyl (C=O) groups is 1. The Balaban J connectivity index is 1.74. The van der Waals surface area contributed by atoms with Crippen LogP contribution in [0.1, 0.15) is 24.0 Å². The lowest BCUT2D eigenvalue weighted by Crippen LogP contribution is -2.32. The van der Waals surface area contributed by atoms with Crippen molar-refractivity contribution >= 4 is 17.6 Å². The van der Waals surface area contributed by atoms with Gasteiger partial charge in [0.1, 0.15) is 28.6 Å². The molecule has 3 aromatic rings. The molecule has 0 aliphatic carbocycles. The van der Waals surface area contributed by atoms with Crippen molar-refractivity contribution in [3.05, 3.63) is 75.7 Å². The zero-order chi connectivity index (χ0) is 22.5. The van der Waals surface area contributed by atoms with E-state index in [1.165, 1.54) is 10.5 Å². The maximum atomic E-state index is 13.2. The van der Waals surface area contributed by atoms with Gasteiger partial charge in [-0.15, -0.1) is 0 Å². The van der Waals surface area contributed by atoms with Gasteiger partial charge in [0.25, 0.3) is 11.5 Å². The minimum Gasteiger partial charge on any atom is -0.438 e. The molecule has 0 radical (unpaired) electrons. The smallest absolute Gasteiger partial charge is 0.269 e. The average molecular weight is 430 g/mol. The van der Waals surface area contributed by atoms with E-state index in [1.807, 2.05) is 31.2 Å². The summed E-state index contributed by atoms with van der Waals surface area (Å²) in [6.45, 7) is 2.85. The van der Waals surface area contributed by atoms with Crippen LogP contribution < -0.4 is 15.6 Å². The van der Waals surface area contributed by atoms with Crippen molar-refractivity contribution in [3.63, 3.8) is 0 Å². The first-order valence-electron chi connectivity index (χ1n) is 10.3. The number of aryl methyl sites for hydroxylation is 1. The SMILES string of the molecule is Cc1ccccc1Oc1nc2ccccn2c(=O)c1/C=C(\C#N)C(=O)NC[C@@H]1CCCO1. The Hall–Kier alpha value is -3.96. The normalized spacial score (nSPS) is 16.0. The molecular weight excluding hydrogens is 408 g/mol. The van der Waals surface area contributed by atoms with Crippen LogP contribution in [0.15, 0.2) is 59.0 Å². The summed E-state index contributed by atoms with van der Waals surface area (Å²) in [6, 6.07) is 14.3. The van der Waals surface area contributed by atoms with Crippen LogP contribution in [0.2, 0.25) is 0 Å². The summed E-state index contributed by atoms with van der Waals surface area (Å²) in [4.78, 5) is 30.3. The number of fused-ring (bicyclic) bond motifs is 1. The minimum atomic E-state index is -0.581. The molecule has 8 heteroatoms. The molecule has 0 spiro atoms. The number of benzene rings is 1. The van der Waals surface area contributed by atoms with Gasteiger partial charge in [0.15, 0.2) is 0 Å². The Morgan fingerprint density at radius 3 is 2.91 bits per heavy atom. The predicted molar refractivity (Wildman–Crippen MR) is 118 cm³/mol. The van der Waals surface area contributed by atoms with Crippen molar-refractivity contribution in [2.45, 2.75) is 25.9 Å². The highest BCUT2D eigenvalue weighted by atomic mass is 16.5. The zero-order valence-electron chi connectivity index (χ0n) is 17.6. The average Bonchev–Trinajstić information content (AvgIpc) is 3.33. The first-order chi connectivity index (χ1) is 15.6. The van der Waals surface area contributed by atoms with E-state index in [-0.39, 0.29) is 23.1 Å². The minimum absolute atomic E-state index is 0.0146. The van der Waals surface area contributed by atoms with Gasteiger partial charge in [-0.1, -0.05) is 24.3 Å². The van der Waals surface area contributed by atoms with Crippen LogP contribution in [-0.4, -0.2) is 34.5 Å². The number of rotatable bonds is 6. The van der Waals surface area contributed by atoms with E-state index in [0.29, 0.717) is 24.5 Å². The number of ether oxygens (including phenoxy) is 2. The lowest BCUT2D eigenvalue weighted by Gasteiger charge is -2.12. The van der Waals surface area contributed by atoms with Gasteiger partial charge in [-0.3, -0.25) is 14.0 Å². The number of nitriles is 1. The zero-order valence-corrected chi connectivity index (χ0v) is 17.6. The summed E-state index contributed by atoms with van der Waals surface area (Å²) in [6.07, 6.45) is 4.54. The number of nitrogens with zero attached hydrogens (tertiary/aromatic N) is 3. The molecule has 4 rings (SSSR count). The molecule has 8 nitrogen and oxygen atoms in total. The summed E-state index contributed by atoms with van der Waals surface area (Å²) in [7, 11) is 0. The van der Waals surface area contributed by atoms with Gasteiger partial charge < -0.3 is 14.8 Å². The van der Waals surface area contributed by atoms with Crippen LogP contribution in [0.4, 0.5) is 0 Å². The summed E-state index contributed by atoms with van der Waals surface area (Å²) >= 11 is 0. The van der Waals surface area contributed by atoms with Crippen LogP contribution in [0.3, 0.4) is 0 Å². The highest BCUT2D eigenvalue weighted by Gasteiger charge is 2.20. The lowest BCUT2D eigenvalue weighted by molar-refractivity contribution is -0.117. The summed E-state index contributed by atoms with van der Waals surface area (Å²) in [5, 5.41) is 12.3. The maximum Gasteiger partial charge on any atom is 0.269 e. The standard InChI is InChI=1S/C24H22N4O4/c1-16-7-2-3-9-20(16)32-23-19(24(30)28-11-5-4-10-21(28)27-23)13-17(14-25)22(29)26-15-18-8-6-12-31-18/h2-5,7,9-11,13,18H,6,8,12,15H2,1H3,(H,26,29)/b17-13+/t18-/m0/s1. The van der Waals surface area contributed by atoms with Gasteiger partial charge >= 0.3 is 0 Å². The maximum absolute atomic E-state index is 13.2. The Labute approximate surface area is 184 Å². The van der Waals surface area contributed by atoms with Gasteiger partial charge in [0, 0.05) is 19.3 Å². The van der Waals surface area contributed by atoms with Crippen molar-refractivity contribution in [1.29, 1.82) is 5.26 Å². The molecule has 1 N–H and O–H groups in total. The molecular formula is C24H22N4O4. The molecule has 3 heterocycles. The van der Waals surface area contributed by atoms with E-state index in [4.69, 9.17) is 9.47 Å². The van der Waals surface area contributed by atoms with Gasteiger partial charge in [-0.2, -0.15) is 10.2 Å².